The van der Waals surface area contributed by atoms with E-state index in [-0.39, 0.29) is 53.5 Å². The summed E-state index contributed by atoms with van der Waals surface area (Å²) in [5.41, 5.74) is -0.651. The van der Waals surface area contributed by atoms with Crippen molar-refractivity contribution in [2.24, 2.45) is 5.92 Å². The van der Waals surface area contributed by atoms with Crippen LogP contribution in [0.3, 0.4) is 0 Å². The Bertz CT molecular complexity index is 1790. The number of hydrogen-bond donors (Lipinski definition) is 2. The molecule has 0 radical (unpaired) electrons. The Kier molecular flexibility index (Phi) is 8.85. The van der Waals surface area contributed by atoms with Gasteiger partial charge in [0.2, 0.25) is 5.88 Å². The maximum absolute atomic E-state index is 16.6. The predicted octanol–water partition coefficient (Wildman–Crippen LogP) is 7.08. The van der Waals surface area contributed by atoms with Gasteiger partial charge in [0.25, 0.3) is 0 Å². The minimum atomic E-state index is -0.887. The van der Waals surface area contributed by atoms with Gasteiger partial charge in [-0.25, -0.2) is 28.7 Å². The molecular formula is C33H37FN6O7. The topological polar surface area (TPSA) is 165 Å². The zero-order valence-corrected chi connectivity index (χ0v) is 27.3. The van der Waals surface area contributed by atoms with Gasteiger partial charge < -0.3 is 18.9 Å². The molecular weight excluding hydrogens is 611 g/mol. The predicted molar refractivity (Wildman–Crippen MR) is 171 cm³/mol. The van der Waals surface area contributed by atoms with Crippen molar-refractivity contribution in [1.82, 2.24) is 9.97 Å². The molecule has 2 N–H and O–H groups in total. The molecule has 248 valence electrons. The van der Waals surface area contributed by atoms with Crippen LogP contribution in [0.15, 0.2) is 24.5 Å². The fourth-order valence-electron chi connectivity index (χ4n) is 5.23. The third-order valence-electron chi connectivity index (χ3n) is 7.37. The molecule has 3 aromatic rings. The first-order chi connectivity index (χ1) is 22.0. The van der Waals surface area contributed by atoms with Crippen molar-refractivity contribution in [3.63, 3.8) is 0 Å². The Morgan fingerprint density at radius 3 is 2.36 bits per heavy atom. The van der Waals surface area contributed by atoms with Crippen LogP contribution in [0.4, 0.5) is 36.0 Å². The number of aromatic nitrogens is 2. The van der Waals surface area contributed by atoms with E-state index >= 15 is 4.39 Å². The van der Waals surface area contributed by atoms with Crippen LogP contribution in [0.1, 0.15) is 59.9 Å². The van der Waals surface area contributed by atoms with Crippen LogP contribution in [0.5, 0.6) is 5.88 Å². The van der Waals surface area contributed by atoms with Crippen LogP contribution >= 0.6 is 0 Å². The Morgan fingerprint density at radius 1 is 1.00 bits per heavy atom. The van der Waals surface area contributed by atoms with Crippen molar-refractivity contribution in [3.05, 3.63) is 35.9 Å². The number of hydrogen-bond acceptors (Lipinski definition) is 10. The van der Waals surface area contributed by atoms with Crippen molar-refractivity contribution >= 4 is 46.2 Å². The van der Waals surface area contributed by atoms with E-state index in [0.29, 0.717) is 35.0 Å². The van der Waals surface area contributed by atoms with Gasteiger partial charge in [0.15, 0.2) is 5.82 Å². The molecule has 0 atom stereocenters. The smallest absolute Gasteiger partial charge is 0.415 e. The van der Waals surface area contributed by atoms with Gasteiger partial charge in [-0.05, 0) is 71.5 Å². The molecule has 0 bridgehead atoms. The van der Waals surface area contributed by atoms with E-state index in [4.69, 9.17) is 24.2 Å². The molecule has 1 aromatic carbocycles. The molecule has 0 spiro atoms. The number of rotatable bonds is 4. The first-order valence-corrected chi connectivity index (χ1v) is 15.2. The molecule has 5 rings (SSSR count). The molecule has 2 aliphatic rings. The maximum Gasteiger partial charge on any atom is 0.415 e. The molecule has 2 aromatic heterocycles. The van der Waals surface area contributed by atoms with Crippen LogP contribution < -0.4 is 20.3 Å². The number of benzene rings is 1. The molecule has 1 aliphatic carbocycles. The minimum Gasteiger partial charge on any atom is -0.474 e. The maximum atomic E-state index is 16.6. The van der Waals surface area contributed by atoms with Gasteiger partial charge in [-0.3, -0.25) is 15.5 Å². The largest absolute Gasteiger partial charge is 0.474 e. The molecule has 14 heteroatoms. The van der Waals surface area contributed by atoms with E-state index in [2.05, 4.69) is 26.7 Å². The number of ether oxygens (including phenoxy) is 4. The van der Waals surface area contributed by atoms with Crippen LogP contribution in [0.2, 0.25) is 0 Å². The summed E-state index contributed by atoms with van der Waals surface area (Å²) < 4.78 is 38.7. The molecule has 3 heterocycles. The first-order valence-electron chi connectivity index (χ1n) is 15.2. The number of nitrogens with zero attached hydrogens (tertiary/aromatic N) is 4. The number of carbonyl (C=O) groups is 3. The van der Waals surface area contributed by atoms with Gasteiger partial charge >= 0.3 is 18.3 Å². The number of anilines is 3. The van der Waals surface area contributed by atoms with E-state index in [1.165, 1.54) is 29.4 Å². The summed E-state index contributed by atoms with van der Waals surface area (Å²) in [6.07, 6.45) is 1.06. The Hall–Kier alpha value is -5.19. The van der Waals surface area contributed by atoms with Crippen molar-refractivity contribution < 1.29 is 37.7 Å². The summed E-state index contributed by atoms with van der Waals surface area (Å²) in [6, 6.07) is 5.18. The lowest BCUT2D eigenvalue weighted by atomic mass is 9.84. The summed E-state index contributed by atoms with van der Waals surface area (Å²) in [5, 5.41) is 14.7. The summed E-state index contributed by atoms with van der Waals surface area (Å²) in [7, 11) is 0. The lowest BCUT2D eigenvalue weighted by Crippen LogP contribution is -2.42. The standard InChI is InChI=1S/C33H37FN6O7/c1-17-22(15-37-28-27(17)40(8-9-44-28)31(43)47-33(5,6)7)21-12-19-13-24(38-29(41)45-20-10-18(11-20)14-35)36-16-23(19)26(25(21)34)39-30(42)46-32(2,3)4/h12-13,15-16,18,20H,8-11H2,1-7H3,(H,39,42)(H,36,38,41)/t18-,20+. The Morgan fingerprint density at radius 2 is 1.70 bits per heavy atom. The van der Waals surface area contributed by atoms with E-state index in [1.54, 1.807) is 48.5 Å². The van der Waals surface area contributed by atoms with Gasteiger partial charge in [-0.15, -0.1) is 0 Å². The number of halogens is 1. The van der Waals surface area contributed by atoms with E-state index < -0.39 is 35.3 Å². The van der Waals surface area contributed by atoms with Crippen LogP contribution in [0.25, 0.3) is 21.9 Å². The molecule has 1 fully saturated rings. The molecule has 0 saturated heterocycles. The Labute approximate surface area is 271 Å². The van der Waals surface area contributed by atoms with E-state index in [0.717, 1.165) is 0 Å². The fourth-order valence-corrected chi connectivity index (χ4v) is 5.23. The minimum absolute atomic E-state index is 0.0443. The SMILES string of the molecule is Cc1c(-c2cc3cc(NC(=O)O[C@H]4C[C@@H](C#N)C4)ncc3c(NC(=O)OC(C)(C)C)c2F)cnc2c1N(C(=O)OC(C)(C)C)CCO2. The van der Waals surface area contributed by atoms with Gasteiger partial charge in [0, 0.05) is 41.7 Å². The van der Waals surface area contributed by atoms with Crippen molar-refractivity contribution in [2.75, 3.05) is 28.7 Å². The highest BCUT2D eigenvalue weighted by Crippen LogP contribution is 2.42. The third kappa shape index (κ3) is 7.45. The highest BCUT2D eigenvalue weighted by atomic mass is 19.1. The van der Waals surface area contributed by atoms with Gasteiger partial charge in [0.05, 0.1) is 24.2 Å². The molecule has 1 aliphatic heterocycles. The molecule has 1 saturated carbocycles. The normalized spacial score (nSPS) is 17.4. The molecule has 47 heavy (non-hydrogen) atoms. The summed E-state index contributed by atoms with van der Waals surface area (Å²) >= 11 is 0. The second-order valence-electron chi connectivity index (χ2n) is 13.4. The van der Waals surface area contributed by atoms with E-state index in [1.807, 2.05) is 0 Å². The lowest BCUT2D eigenvalue weighted by molar-refractivity contribution is 0.0417. The highest BCUT2D eigenvalue weighted by Gasteiger charge is 2.34. The second-order valence-corrected chi connectivity index (χ2v) is 13.4. The second kappa shape index (κ2) is 12.5. The van der Waals surface area contributed by atoms with Gasteiger partial charge in [-0.1, -0.05) is 0 Å². The van der Waals surface area contributed by atoms with Gasteiger partial charge in [0.1, 0.15) is 35.4 Å². The lowest BCUT2D eigenvalue weighted by Gasteiger charge is -2.32. The highest BCUT2D eigenvalue weighted by molar-refractivity contribution is 6.05. The summed E-state index contributed by atoms with van der Waals surface area (Å²) in [5.74, 6) is -0.629. The molecule has 13 nitrogen and oxygen atoms in total. The third-order valence-corrected chi connectivity index (χ3v) is 7.37. The zero-order chi connectivity index (χ0) is 34.3. The van der Waals surface area contributed by atoms with Gasteiger partial charge in [-0.2, -0.15) is 5.26 Å². The van der Waals surface area contributed by atoms with Crippen molar-refractivity contribution in [2.45, 2.75) is 78.6 Å². The van der Waals surface area contributed by atoms with Crippen LogP contribution in [0, 0.1) is 30.0 Å². The van der Waals surface area contributed by atoms with Crippen LogP contribution in [-0.2, 0) is 14.2 Å². The average Bonchev–Trinajstić information content (AvgIpc) is 2.94. The number of amides is 3. The number of nitriles is 1. The van der Waals surface area contributed by atoms with Crippen molar-refractivity contribution in [3.8, 4) is 23.1 Å². The molecule has 0 unspecified atom stereocenters. The number of fused-ring (bicyclic) bond motifs is 2. The summed E-state index contributed by atoms with van der Waals surface area (Å²) in [4.78, 5) is 48.6. The first kappa shape index (κ1) is 33.2. The number of pyridine rings is 2. The fraction of sp³-hybridized carbons (Fsp3) is 0.455. The Balaban J connectivity index is 1.57. The van der Waals surface area contributed by atoms with E-state index in [9.17, 15) is 14.4 Å². The molecule has 3 amide bonds. The quantitative estimate of drug-likeness (QED) is 0.279. The monoisotopic (exact) mass is 648 g/mol. The number of carbonyl (C=O) groups excluding carboxylic acids is 3. The average molecular weight is 649 g/mol. The zero-order valence-electron chi connectivity index (χ0n) is 27.3. The van der Waals surface area contributed by atoms with Crippen molar-refractivity contribution in [1.29, 1.82) is 5.26 Å². The summed E-state index contributed by atoms with van der Waals surface area (Å²) in [6.45, 7) is 12.4. The van der Waals surface area contributed by atoms with Crippen LogP contribution in [-0.4, -0.2) is 58.7 Å². The number of nitrogens with one attached hydrogen (secondary N) is 2.